The van der Waals surface area contributed by atoms with E-state index in [-0.39, 0.29) is 12.6 Å². The fourth-order valence-electron chi connectivity index (χ4n) is 3.84. The minimum atomic E-state index is -1.26. The number of nitrogens with zero attached hydrogens (tertiary/aromatic N) is 2. The normalized spacial score (nSPS) is 37.0. The number of aliphatic hydroxyl groups is 2. The summed E-state index contributed by atoms with van der Waals surface area (Å²) in [5, 5.41) is 21.0. The number of rotatable bonds is 2. The number of aliphatic hydroxyl groups excluding tert-OH is 2. The fourth-order valence-corrected chi connectivity index (χ4v) is 3.84. The molecular formula is C18H18N2O7. The van der Waals surface area contributed by atoms with Gasteiger partial charge in [-0.15, -0.1) is 0 Å². The molecule has 0 radical (unpaired) electrons. The predicted octanol–water partition coefficient (Wildman–Crippen LogP) is -0.261. The third-order valence-corrected chi connectivity index (χ3v) is 5.21. The van der Waals surface area contributed by atoms with Gasteiger partial charge in [-0.25, -0.2) is 0 Å². The molecule has 5 rings (SSSR count). The topological polar surface area (TPSA) is 112 Å². The molecule has 1 aromatic carbocycles. The first kappa shape index (κ1) is 16.8. The number of ether oxygens (including phenoxy) is 4. The van der Waals surface area contributed by atoms with Gasteiger partial charge in [-0.05, 0) is 0 Å². The fraction of sp³-hybridized carbons (Fsp3) is 0.444. The van der Waals surface area contributed by atoms with Crippen LogP contribution >= 0.6 is 0 Å². The molecule has 4 heterocycles. The first-order valence-corrected chi connectivity index (χ1v) is 8.66. The van der Waals surface area contributed by atoms with Crippen molar-refractivity contribution in [3.05, 3.63) is 58.5 Å². The molecule has 0 amide bonds. The molecule has 3 aliphatic rings. The van der Waals surface area contributed by atoms with Crippen molar-refractivity contribution < 1.29 is 29.2 Å². The van der Waals surface area contributed by atoms with E-state index in [9.17, 15) is 15.0 Å². The van der Waals surface area contributed by atoms with Crippen LogP contribution in [0.25, 0.3) is 0 Å². The molecule has 27 heavy (non-hydrogen) atoms. The average molecular weight is 374 g/mol. The SMILES string of the molecule is O=c1ccn2c(n1)O[C@H]1[C@@H](O)[C@@H]3O[C@H](c4ccccc4)OC[C@@]3(CO)O[C@H]12. The van der Waals surface area contributed by atoms with Crippen LogP contribution in [0.2, 0.25) is 0 Å². The molecular weight excluding hydrogens is 356 g/mol. The summed E-state index contributed by atoms with van der Waals surface area (Å²) >= 11 is 0. The Hall–Kier alpha value is -2.30. The second-order valence-corrected chi connectivity index (χ2v) is 6.87. The van der Waals surface area contributed by atoms with Crippen molar-refractivity contribution in [2.24, 2.45) is 0 Å². The molecule has 9 heteroatoms. The highest BCUT2D eigenvalue weighted by Gasteiger charge is 2.61. The van der Waals surface area contributed by atoms with Crippen LogP contribution in [0.1, 0.15) is 18.1 Å². The second-order valence-electron chi connectivity index (χ2n) is 6.87. The van der Waals surface area contributed by atoms with Crippen molar-refractivity contribution in [1.82, 2.24) is 9.55 Å². The Morgan fingerprint density at radius 2 is 2.07 bits per heavy atom. The Morgan fingerprint density at radius 3 is 2.85 bits per heavy atom. The van der Waals surface area contributed by atoms with Crippen molar-refractivity contribution in [1.29, 1.82) is 0 Å². The van der Waals surface area contributed by atoms with E-state index in [4.69, 9.17) is 18.9 Å². The smallest absolute Gasteiger partial charge is 0.302 e. The van der Waals surface area contributed by atoms with Gasteiger partial charge in [0.25, 0.3) is 5.56 Å². The Bertz CT molecular complexity index is 904. The van der Waals surface area contributed by atoms with E-state index in [2.05, 4.69) is 4.98 Å². The molecule has 0 unspecified atom stereocenters. The number of benzene rings is 1. The third kappa shape index (κ3) is 2.51. The monoisotopic (exact) mass is 374 g/mol. The van der Waals surface area contributed by atoms with Crippen molar-refractivity contribution in [3.8, 4) is 6.01 Å². The summed E-state index contributed by atoms with van der Waals surface area (Å²) < 4.78 is 25.1. The van der Waals surface area contributed by atoms with E-state index in [1.54, 1.807) is 0 Å². The van der Waals surface area contributed by atoms with Gasteiger partial charge in [0.15, 0.2) is 18.6 Å². The Balaban J connectivity index is 1.48. The summed E-state index contributed by atoms with van der Waals surface area (Å²) in [5.74, 6) is 0. The van der Waals surface area contributed by atoms with Gasteiger partial charge in [0.1, 0.15) is 17.8 Å². The van der Waals surface area contributed by atoms with Crippen LogP contribution in [-0.4, -0.2) is 56.9 Å². The van der Waals surface area contributed by atoms with Gasteiger partial charge in [0.2, 0.25) is 0 Å². The zero-order valence-corrected chi connectivity index (χ0v) is 14.2. The van der Waals surface area contributed by atoms with Crippen molar-refractivity contribution in [2.45, 2.75) is 36.4 Å². The number of hydrogen-bond acceptors (Lipinski definition) is 8. The van der Waals surface area contributed by atoms with E-state index in [1.165, 1.54) is 16.8 Å². The van der Waals surface area contributed by atoms with Crippen LogP contribution < -0.4 is 10.3 Å². The van der Waals surface area contributed by atoms with Gasteiger partial charge in [-0.1, -0.05) is 30.3 Å². The summed E-state index contributed by atoms with van der Waals surface area (Å²) in [5.41, 5.74) is -0.923. The molecule has 9 nitrogen and oxygen atoms in total. The first-order chi connectivity index (χ1) is 13.1. The van der Waals surface area contributed by atoms with Crippen LogP contribution in [0.4, 0.5) is 0 Å². The zero-order valence-electron chi connectivity index (χ0n) is 14.2. The van der Waals surface area contributed by atoms with Crippen LogP contribution in [-0.2, 0) is 14.2 Å². The molecule has 2 saturated heterocycles. The molecule has 142 valence electrons. The van der Waals surface area contributed by atoms with Gasteiger partial charge in [0, 0.05) is 17.8 Å². The second kappa shape index (κ2) is 6.11. The van der Waals surface area contributed by atoms with Crippen LogP contribution in [0.15, 0.2) is 47.4 Å². The molecule has 0 bridgehead atoms. The maximum atomic E-state index is 11.5. The highest BCUT2D eigenvalue weighted by molar-refractivity contribution is 5.18. The molecule has 2 fully saturated rings. The lowest BCUT2D eigenvalue weighted by atomic mass is 9.86. The maximum absolute atomic E-state index is 11.5. The molecule has 0 aliphatic carbocycles. The summed E-state index contributed by atoms with van der Waals surface area (Å²) in [6.07, 6.45) is -2.80. The summed E-state index contributed by atoms with van der Waals surface area (Å²) in [6.45, 7) is -0.389. The molecule has 2 aromatic rings. The van der Waals surface area contributed by atoms with Gasteiger partial charge in [0.05, 0.1) is 13.2 Å². The lowest BCUT2D eigenvalue weighted by Gasteiger charge is -2.52. The third-order valence-electron chi connectivity index (χ3n) is 5.21. The lowest BCUT2D eigenvalue weighted by Crippen LogP contribution is -2.68. The average Bonchev–Trinajstić information content (AvgIpc) is 3.06. The van der Waals surface area contributed by atoms with Crippen LogP contribution in [0.3, 0.4) is 0 Å². The van der Waals surface area contributed by atoms with E-state index in [0.29, 0.717) is 0 Å². The molecule has 3 aliphatic heterocycles. The minimum absolute atomic E-state index is 0.0248. The zero-order chi connectivity index (χ0) is 18.6. The Morgan fingerprint density at radius 1 is 1.26 bits per heavy atom. The van der Waals surface area contributed by atoms with Crippen molar-refractivity contribution in [3.63, 3.8) is 0 Å². The first-order valence-electron chi connectivity index (χ1n) is 8.66. The Kier molecular flexibility index (Phi) is 3.81. The summed E-state index contributed by atoms with van der Waals surface area (Å²) in [6, 6.07) is 10.6. The largest absolute Gasteiger partial charge is 0.453 e. The molecule has 1 aromatic heterocycles. The van der Waals surface area contributed by atoms with Crippen LogP contribution in [0, 0.1) is 0 Å². The van der Waals surface area contributed by atoms with E-state index in [1.807, 2.05) is 30.3 Å². The molecule has 0 spiro atoms. The van der Waals surface area contributed by atoms with Gasteiger partial charge >= 0.3 is 6.01 Å². The molecule has 6 atom stereocenters. The number of aromatic nitrogens is 2. The molecule has 0 saturated carbocycles. The highest BCUT2D eigenvalue weighted by Crippen LogP contribution is 2.46. The van der Waals surface area contributed by atoms with E-state index >= 15 is 0 Å². The van der Waals surface area contributed by atoms with Gasteiger partial charge in [-0.3, -0.25) is 9.36 Å². The van der Waals surface area contributed by atoms with Gasteiger partial charge in [-0.2, -0.15) is 4.98 Å². The van der Waals surface area contributed by atoms with Crippen molar-refractivity contribution >= 4 is 0 Å². The number of hydrogen-bond donors (Lipinski definition) is 2. The highest BCUT2D eigenvalue weighted by atomic mass is 16.7. The standard InChI is InChI=1S/C18H18N2O7/c21-8-18-9-24-16(10-4-2-1-3-5-10)26-14(18)12(23)13-15(27-18)20-7-6-11(22)19-17(20)25-13/h1-7,12-16,21,23H,8-9H2/t12-,13+,14+,15-,16-,18-/m1/s1. The van der Waals surface area contributed by atoms with E-state index in [0.717, 1.165) is 5.56 Å². The van der Waals surface area contributed by atoms with Crippen LogP contribution in [0.5, 0.6) is 6.01 Å². The number of fused-ring (bicyclic) bond motifs is 4. The van der Waals surface area contributed by atoms with Crippen molar-refractivity contribution in [2.75, 3.05) is 13.2 Å². The summed E-state index contributed by atoms with van der Waals surface area (Å²) in [4.78, 5) is 15.3. The van der Waals surface area contributed by atoms with E-state index < -0.39 is 48.6 Å². The lowest BCUT2D eigenvalue weighted by molar-refractivity contribution is -0.373. The molecule has 2 N–H and O–H groups in total. The predicted molar refractivity (Wildman–Crippen MR) is 88.9 cm³/mol. The maximum Gasteiger partial charge on any atom is 0.302 e. The summed E-state index contributed by atoms with van der Waals surface area (Å²) in [7, 11) is 0. The Labute approximate surface area is 153 Å². The minimum Gasteiger partial charge on any atom is -0.453 e. The quantitative estimate of drug-likeness (QED) is 0.739. The van der Waals surface area contributed by atoms with Gasteiger partial charge < -0.3 is 29.2 Å².